The van der Waals surface area contributed by atoms with Gasteiger partial charge in [0.05, 0.1) is 18.3 Å². The molecule has 2 fully saturated rings. The molecule has 0 spiro atoms. The Hall–Kier alpha value is -0.340. The second-order valence-corrected chi connectivity index (χ2v) is 6.21. The third kappa shape index (κ3) is 1.10. The van der Waals surface area contributed by atoms with Crippen LogP contribution in [-0.4, -0.2) is 23.4 Å². The van der Waals surface area contributed by atoms with E-state index in [0.29, 0.717) is 17.8 Å². The van der Waals surface area contributed by atoms with Crippen molar-refractivity contribution in [1.82, 2.24) is 0 Å². The van der Waals surface area contributed by atoms with Crippen molar-refractivity contribution in [2.75, 3.05) is 0 Å². The second-order valence-electron chi connectivity index (χ2n) is 6.21. The van der Waals surface area contributed by atoms with Crippen molar-refractivity contribution in [3.63, 3.8) is 0 Å². The van der Waals surface area contributed by atoms with Crippen molar-refractivity contribution in [1.29, 1.82) is 0 Å². The zero-order chi connectivity index (χ0) is 11.5. The van der Waals surface area contributed by atoms with E-state index in [2.05, 4.69) is 32.9 Å². The molecule has 1 saturated carbocycles. The van der Waals surface area contributed by atoms with E-state index in [4.69, 9.17) is 4.74 Å². The molecule has 3 rings (SSSR count). The summed E-state index contributed by atoms with van der Waals surface area (Å²) in [5.74, 6) is 1.37. The summed E-state index contributed by atoms with van der Waals surface area (Å²) in [6.07, 6.45) is 6.85. The van der Waals surface area contributed by atoms with Crippen LogP contribution < -0.4 is 0 Å². The summed E-state index contributed by atoms with van der Waals surface area (Å²) in [6, 6.07) is 0. The maximum Gasteiger partial charge on any atom is 0.0848 e. The van der Waals surface area contributed by atoms with Crippen LogP contribution in [0.2, 0.25) is 0 Å². The highest BCUT2D eigenvalue weighted by molar-refractivity contribution is 5.21. The van der Waals surface area contributed by atoms with Crippen LogP contribution in [-0.2, 0) is 4.74 Å². The normalized spacial score (nSPS) is 54.7. The molecule has 2 heterocycles. The van der Waals surface area contributed by atoms with Crippen LogP contribution in [0, 0.1) is 23.2 Å². The first-order valence-electron chi connectivity index (χ1n) is 6.59. The molecule has 90 valence electrons. The van der Waals surface area contributed by atoms with Gasteiger partial charge in [0.25, 0.3) is 0 Å². The molecule has 0 amide bonds. The van der Waals surface area contributed by atoms with E-state index in [1.54, 1.807) is 0 Å². The average Bonchev–Trinajstić information content (AvgIpc) is 2.64. The molecule has 2 nitrogen and oxygen atoms in total. The van der Waals surface area contributed by atoms with Gasteiger partial charge in [-0.05, 0) is 24.7 Å². The van der Waals surface area contributed by atoms with Crippen molar-refractivity contribution in [2.45, 2.75) is 51.9 Å². The summed E-state index contributed by atoms with van der Waals surface area (Å²) in [5.41, 5.74) is -0.0271. The maximum absolute atomic E-state index is 10.7. The van der Waals surface area contributed by atoms with Crippen LogP contribution in [0.3, 0.4) is 0 Å². The molecule has 1 aliphatic carbocycles. The topological polar surface area (TPSA) is 29.5 Å². The Kier molecular flexibility index (Phi) is 2.25. The highest BCUT2D eigenvalue weighted by Gasteiger charge is 2.60. The van der Waals surface area contributed by atoms with Crippen molar-refractivity contribution < 1.29 is 9.84 Å². The molecule has 2 aliphatic heterocycles. The van der Waals surface area contributed by atoms with Crippen LogP contribution in [0.1, 0.15) is 33.6 Å². The van der Waals surface area contributed by atoms with Crippen LogP contribution in [0.15, 0.2) is 12.2 Å². The lowest BCUT2D eigenvalue weighted by Gasteiger charge is -2.57. The highest BCUT2D eigenvalue weighted by atomic mass is 16.5. The van der Waals surface area contributed by atoms with Gasteiger partial charge in [-0.25, -0.2) is 0 Å². The van der Waals surface area contributed by atoms with Gasteiger partial charge in [-0.2, -0.15) is 0 Å². The Morgan fingerprint density at radius 3 is 2.81 bits per heavy atom. The van der Waals surface area contributed by atoms with E-state index in [1.807, 2.05) is 0 Å². The summed E-state index contributed by atoms with van der Waals surface area (Å²) < 4.78 is 6.10. The van der Waals surface area contributed by atoms with Crippen molar-refractivity contribution in [3.05, 3.63) is 12.2 Å². The Morgan fingerprint density at radius 1 is 1.38 bits per heavy atom. The van der Waals surface area contributed by atoms with Gasteiger partial charge in [-0.3, -0.25) is 0 Å². The molecule has 16 heavy (non-hydrogen) atoms. The molecule has 4 bridgehead atoms. The van der Waals surface area contributed by atoms with Gasteiger partial charge in [0, 0.05) is 11.3 Å². The lowest BCUT2D eigenvalue weighted by molar-refractivity contribution is -0.230. The SMILES string of the molecule is CC(C)[C@@]12CC[C@@H](C)[C@H](C1O)[C@H]1C=C[C@@H]2O1. The fourth-order valence-electron chi connectivity index (χ4n) is 4.26. The minimum absolute atomic E-state index is 0.0271. The van der Waals surface area contributed by atoms with Gasteiger partial charge in [0.15, 0.2) is 0 Å². The van der Waals surface area contributed by atoms with Gasteiger partial charge < -0.3 is 9.84 Å². The number of hydrogen-bond donors (Lipinski definition) is 1. The fourth-order valence-corrected chi connectivity index (χ4v) is 4.26. The quantitative estimate of drug-likeness (QED) is 0.690. The third-order valence-electron chi connectivity index (χ3n) is 5.37. The Labute approximate surface area is 97.7 Å². The van der Waals surface area contributed by atoms with E-state index >= 15 is 0 Å². The molecule has 0 radical (unpaired) electrons. The number of ether oxygens (including phenoxy) is 1. The molecule has 0 aromatic carbocycles. The molecule has 6 atom stereocenters. The predicted molar refractivity (Wildman–Crippen MR) is 63.0 cm³/mol. The Morgan fingerprint density at radius 2 is 2.12 bits per heavy atom. The van der Waals surface area contributed by atoms with Gasteiger partial charge in [-0.1, -0.05) is 32.9 Å². The fraction of sp³-hybridized carbons (Fsp3) is 0.857. The number of aliphatic hydroxyl groups is 1. The number of rotatable bonds is 1. The van der Waals surface area contributed by atoms with Crippen LogP contribution in [0.25, 0.3) is 0 Å². The molecule has 1 saturated heterocycles. The minimum atomic E-state index is -0.185. The zero-order valence-corrected chi connectivity index (χ0v) is 10.4. The molecule has 1 N–H and O–H groups in total. The first kappa shape index (κ1) is 10.8. The summed E-state index contributed by atoms with van der Waals surface area (Å²) in [6.45, 7) is 6.71. The molecule has 1 unspecified atom stereocenters. The number of hydrogen-bond acceptors (Lipinski definition) is 2. The Balaban J connectivity index is 2.06. The van der Waals surface area contributed by atoms with E-state index in [0.717, 1.165) is 6.42 Å². The van der Waals surface area contributed by atoms with Crippen LogP contribution in [0.4, 0.5) is 0 Å². The summed E-state index contributed by atoms with van der Waals surface area (Å²) in [4.78, 5) is 0. The minimum Gasteiger partial charge on any atom is -0.392 e. The van der Waals surface area contributed by atoms with Gasteiger partial charge in [-0.15, -0.1) is 0 Å². The van der Waals surface area contributed by atoms with E-state index in [9.17, 15) is 5.11 Å². The molecule has 3 aliphatic rings. The number of fused-ring (bicyclic) bond motifs is 6. The van der Waals surface area contributed by atoms with Crippen molar-refractivity contribution in [2.24, 2.45) is 23.2 Å². The molecule has 0 aromatic heterocycles. The van der Waals surface area contributed by atoms with E-state index in [-0.39, 0.29) is 23.7 Å². The van der Waals surface area contributed by atoms with Crippen molar-refractivity contribution >= 4 is 0 Å². The molecule has 0 aromatic rings. The van der Waals surface area contributed by atoms with Gasteiger partial charge in [0.1, 0.15) is 0 Å². The zero-order valence-electron chi connectivity index (χ0n) is 10.4. The first-order valence-corrected chi connectivity index (χ1v) is 6.59. The summed E-state index contributed by atoms with van der Waals surface area (Å²) in [7, 11) is 0. The lowest BCUT2D eigenvalue weighted by Crippen LogP contribution is -2.62. The second kappa shape index (κ2) is 3.33. The largest absolute Gasteiger partial charge is 0.392 e. The Bertz CT molecular complexity index is 323. The standard InChI is InChI=1S/C14H22O2/c1-8(2)14-7-6-9(3)12(13(14)15)10-4-5-11(14)16-10/h4-5,8-13,15H,6-7H2,1-3H3/t9-,10-,11+,12+,13?,14-/m1/s1. The van der Waals surface area contributed by atoms with Gasteiger partial charge >= 0.3 is 0 Å². The highest BCUT2D eigenvalue weighted by Crippen LogP contribution is 2.57. The average molecular weight is 222 g/mol. The van der Waals surface area contributed by atoms with E-state index < -0.39 is 0 Å². The molecular weight excluding hydrogens is 200 g/mol. The monoisotopic (exact) mass is 222 g/mol. The molecular formula is C14H22O2. The maximum atomic E-state index is 10.7. The van der Waals surface area contributed by atoms with Crippen molar-refractivity contribution in [3.8, 4) is 0 Å². The summed E-state index contributed by atoms with van der Waals surface area (Å²) in [5, 5.41) is 10.7. The predicted octanol–water partition coefficient (Wildman–Crippen LogP) is 2.37. The van der Waals surface area contributed by atoms with Crippen LogP contribution in [0.5, 0.6) is 0 Å². The number of aliphatic hydroxyl groups excluding tert-OH is 1. The smallest absolute Gasteiger partial charge is 0.0848 e. The lowest BCUT2D eigenvalue weighted by atomic mass is 9.55. The first-order chi connectivity index (χ1) is 7.57. The van der Waals surface area contributed by atoms with E-state index in [1.165, 1.54) is 6.42 Å². The summed E-state index contributed by atoms with van der Waals surface area (Å²) >= 11 is 0. The molecule has 2 heteroatoms. The third-order valence-corrected chi connectivity index (χ3v) is 5.37. The van der Waals surface area contributed by atoms with Gasteiger partial charge in [0.2, 0.25) is 0 Å². The van der Waals surface area contributed by atoms with Crippen LogP contribution >= 0.6 is 0 Å².